The summed E-state index contributed by atoms with van der Waals surface area (Å²) in [5.41, 5.74) is 2.51. The molecule has 1 heterocycles. The lowest BCUT2D eigenvalue weighted by molar-refractivity contribution is 0.573. The van der Waals surface area contributed by atoms with Gasteiger partial charge in [0.25, 0.3) is 0 Å². The van der Waals surface area contributed by atoms with E-state index in [0.717, 1.165) is 27.1 Å². The molecule has 1 atom stereocenters. The summed E-state index contributed by atoms with van der Waals surface area (Å²) < 4.78 is 16.5. The van der Waals surface area contributed by atoms with Gasteiger partial charge in [-0.15, -0.1) is 0 Å². The van der Waals surface area contributed by atoms with Crippen molar-refractivity contribution in [1.29, 1.82) is 0 Å². The van der Waals surface area contributed by atoms with E-state index >= 15 is 0 Å². The molecule has 25 heavy (non-hydrogen) atoms. The number of rotatable bonds is 2. The van der Waals surface area contributed by atoms with Crippen LogP contribution in [0.2, 0.25) is 0 Å². The average Bonchev–Trinajstić information content (AvgIpc) is 3.27. The van der Waals surface area contributed by atoms with Crippen LogP contribution in [0.5, 0.6) is 0 Å². The fourth-order valence-electron chi connectivity index (χ4n) is 4.05. The quantitative estimate of drug-likeness (QED) is 0.708. The molecule has 0 spiro atoms. The standard InChI is InChI=1S/C22H15FN2/c23-17-10-11-20-18-8-4-5-9-19(18)21(16-6-2-1-3-7-16)22(20,14-17)25-13-12-24-15-25/h1-15H. The molecule has 0 bridgehead atoms. The maximum atomic E-state index is 14.5. The van der Waals surface area contributed by atoms with E-state index in [0.29, 0.717) is 0 Å². The first-order valence-corrected chi connectivity index (χ1v) is 8.25. The Morgan fingerprint density at radius 1 is 0.880 bits per heavy atom. The third-order valence-electron chi connectivity index (χ3n) is 5.01. The number of halogens is 1. The lowest BCUT2D eigenvalue weighted by Crippen LogP contribution is -2.34. The second-order valence-electron chi connectivity index (χ2n) is 6.30. The highest BCUT2D eigenvalue weighted by atomic mass is 19.1. The van der Waals surface area contributed by atoms with Crippen molar-refractivity contribution in [2.75, 3.05) is 0 Å². The molecule has 2 aromatic carbocycles. The van der Waals surface area contributed by atoms with E-state index in [2.05, 4.69) is 29.2 Å². The summed E-state index contributed by atoms with van der Waals surface area (Å²) >= 11 is 0. The zero-order valence-corrected chi connectivity index (χ0v) is 13.4. The van der Waals surface area contributed by atoms with Gasteiger partial charge in [-0.05, 0) is 33.7 Å². The van der Waals surface area contributed by atoms with Crippen molar-refractivity contribution in [1.82, 2.24) is 9.55 Å². The first kappa shape index (κ1) is 14.2. The van der Waals surface area contributed by atoms with Crippen molar-refractivity contribution in [3.63, 3.8) is 0 Å². The van der Waals surface area contributed by atoms with Crippen molar-refractivity contribution in [3.05, 3.63) is 113 Å². The summed E-state index contributed by atoms with van der Waals surface area (Å²) in [7, 11) is 0. The van der Waals surface area contributed by atoms with Gasteiger partial charge in [0.1, 0.15) is 11.4 Å². The number of aromatic nitrogens is 2. The van der Waals surface area contributed by atoms with E-state index < -0.39 is 5.54 Å². The molecule has 1 unspecified atom stereocenters. The Kier molecular flexibility index (Phi) is 2.92. The van der Waals surface area contributed by atoms with Gasteiger partial charge in [0, 0.05) is 18.0 Å². The number of imidazole rings is 1. The molecule has 2 aliphatic carbocycles. The molecule has 0 saturated carbocycles. The third-order valence-corrected chi connectivity index (χ3v) is 5.01. The Labute approximate surface area is 144 Å². The lowest BCUT2D eigenvalue weighted by atomic mass is 9.78. The summed E-state index contributed by atoms with van der Waals surface area (Å²) in [6.07, 6.45) is 10.5. The molecule has 5 rings (SSSR count). The summed E-state index contributed by atoms with van der Waals surface area (Å²) in [4.78, 5) is 4.23. The largest absolute Gasteiger partial charge is 0.319 e. The molecule has 0 saturated heterocycles. The fourth-order valence-corrected chi connectivity index (χ4v) is 4.05. The highest BCUT2D eigenvalue weighted by Gasteiger charge is 2.43. The Morgan fingerprint density at radius 3 is 2.40 bits per heavy atom. The lowest BCUT2D eigenvalue weighted by Gasteiger charge is -2.35. The molecule has 3 heteroatoms. The van der Waals surface area contributed by atoms with Crippen molar-refractivity contribution >= 4 is 11.1 Å². The van der Waals surface area contributed by atoms with Crippen LogP contribution in [0.25, 0.3) is 11.1 Å². The highest BCUT2D eigenvalue weighted by molar-refractivity contribution is 5.93. The van der Waals surface area contributed by atoms with Gasteiger partial charge in [0.05, 0.1) is 6.33 Å². The summed E-state index contributed by atoms with van der Waals surface area (Å²) in [6.45, 7) is 0. The monoisotopic (exact) mass is 326 g/mol. The minimum absolute atomic E-state index is 0.237. The molecular formula is C22H15FN2. The molecule has 2 aliphatic rings. The minimum atomic E-state index is -0.722. The van der Waals surface area contributed by atoms with Crippen molar-refractivity contribution in [2.24, 2.45) is 0 Å². The smallest absolute Gasteiger partial charge is 0.122 e. The van der Waals surface area contributed by atoms with E-state index in [-0.39, 0.29) is 5.83 Å². The van der Waals surface area contributed by atoms with E-state index in [1.54, 1.807) is 18.6 Å². The van der Waals surface area contributed by atoms with Gasteiger partial charge in [-0.25, -0.2) is 9.37 Å². The second-order valence-corrected chi connectivity index (χ2v) is 6.30. The van der Waals surface area contributed by atoms with Gasteiger partial charge >= 0.3 is 0 Å². The minimum Gasteiger partial charge on any atom is -0.319 e. The van der Waals surface area contributed by atoms with Gasteiger partial charge in [-0.3, -0.25) is 0 Å². The van der Waals surface area contributed by atoms with Crippen LogP contribution in [-0.4, -0.2) is 9.55 Å². The molecule has 2 nitrogen and oxygen atoms in total. The Bertz CT molecular complexity index is 1140. The van der Waals surface area contributed by atoms with Crippen LogP contribution in [-0.2, 0) is 5.54 Å². The number of allylic oxidation sites excluding steroid dienone is 4. The predicted octanol–water partition coefficient (Wildman–Crippen LogP) is 3.07. The van der Waals surface area contributed by atoms with Gasteiger partial charge in [0.2, 0.25) is 0 Å². The number of nitrogens with zero attached hydrogens (tertiary/aromatic N) is 2. The zero-order chi connectivity index (χ0) is 16.9. The molecule has 0 fully saturated rings. The molecule has 1 aromatic heterocycles. The SMILES string of the molecule is FC1=CC2(n3ccnc3)C(=c3ccccc3=C2c2ccccc2)C=C1. The van der Waals surface area contributed by atoms with Gasteiger partial charge in [-0.2, -0.15) is 0 Å². The zero-order valence-electron chi connectivity index (χ0n) is 13.4. The number of hydrogen-bond acceptors (Lipinski definition) is 1. The van der Waals surface area contributed by atoms with Crippen LogP contribution < -0.4 is 10.4 Å². The van der Waals surface area contributed by atoms with Gasteiger partial charge in [0.15, 0.2) is 0 Å². The van der Waals surface area contributed by atoms with Gasteiger partial charge < -0.3 is 4.57 Å². The number of benzene rings is 2. The predicted molar refractivity (Wildman–Crippen MR) is 96.6 cm³/mol. The normalized spacial score (nSPS) is 21.1. The fraction of sp³-hybridized carbons (Fsp3) is 0.0455. The summed E-state index contributed by atoms with van der Waals surface area (Å²) in [5, 5.41) is 2.27. The molecule has 0 N–H and O–H groups in total. The molecule has 0 amide bonds. The highest BCUT2D eigenvalue weighted by Crippen LogP contribution is 2.45. The maximum absolute atomic E-state index is 14.5. The number of hydrogen-bond donors (Lipinski definition) is 0. The third kappa shape index (κ3) is 1.86. The molecule has 0 aliphatic heterocycles. The Balaban J connectivity index is 2.00. The van der Waals surface area contributed by atoms with E-state index in [1.807, 2.05) is 47.2 Å². The summed E-state index contributed by atoms with van der Waals surface area (Å²) in [5.74, 6) is -0.237. The molecular weight excluding hydrogens is 311 g/mol. The molecule has 120 valence electrons. The molecule has 3 aromatic rings. The second kappa shape index (κ2) is 5.15. The molecule has 0 radical (unpaired) electrons. The van der Waals surface area contributed by atoms with Crippen LogP contribution in [0.3, 0.4) is 0 Å². The van der Waals surface area contributed by atoms with Crippen molar-refractivity contribution < 1.29 is 4.39 Å². The maximum Gasteiger partial charge on any atom is 0.122 e. The van der Waals surface area contributed by atoms with Gasteiger partial charge in [-0.1, -0.05) is 60.7 Å². The number of fused-ring (bicyclic) bond motifs is 2. The van der Waals surface area contributed by atoms with Crippen LogP contribution in [0.4, 0.5) is 4.39 Å². The van der Waals surface area contributed by atoms with Crippen molar-refractivity contribution in [3.8, 4) is 0 Å². The van der Waals surface area contributed by atoms with E-state index in [1.165, 1.54) is 6.08 Å². The van der Waals surface area contributed by atoms with Crippen LogP contribution in [0.1, 0.15) is 5.56 Å². The first-order valence-electron chi connectivity index (χ1n) is 8.25. The van der Waals surface area contributed by atoms with Crippen molar-refractivity contribution in [2.45, 2.75) is 5.54 Å². The summed E-state index contributed by atoms with van der Waals surface area (Å²) in [6, 6.07) is 18.5. The first-order chi connectivity index (χ1) is 12.3. The Morgan fingerprint density at radius 2 is 1.64 bits per heavy atom. The van der Waals surface area contributed by atoms with Crippen LogP contribution in [0.15, 0.2) is 97.4 Å². The van der Waals surface area contributed by atoms with Crippen LogP contribution >= 0.6 is 0 Å². The average molecular weight is 326 g/mol. The Hall–Kier alpha value is -3.20. The topological polar surface area (TPSA) is 17.8 Å². The van der Waals surface area contributed by atoms with E-state index in [9.17, 15) is 4.39 Å². The van der Waals surface area contributed by atoms with Crippen LogP contribution in [0, 0.1) is 0 Å². The van der Waals surface area contributed by atoms with E-state index in [4.69, 9.17) is 0 Å².